The van der Waals surface area contributed by atoms with Gasteiger partial charge >= 0.3 is 0 Å². The maximum atomic E-state index is 11.4. The molecule has 0 saturated heterocycles. The lowest BCUT2D eigenvalue weighted by molar-refractivity contribution is 0.600. The second kappa shape index (κ2) is 2.96. The average molecular weight is 205 g/mol. The van der Waals surface area contributed by atoms with Crippen molar-refractivity contribution in [3.63, 3.8) is 0 Å². The predicted octanol–water partition coefficient (Wildman–Crippen LogP) is 1.65. The molecule has 0 bridgehead atoms. The Hall–Kier alpha value is -1.60. The summed E-state index contributed by atoms with van der Waals surface area (Å²) in [4.78, 5) is 0. The largest absolute Gasteiger partial charge is 0.252 e. The van der Waals surface area contributed by atoms with Gasteiger partial charge in [-0.25, -0.2) is 8.42 Å². The van der Waals surface area contributed by atoms with Gasteiger partial charge in [0.05, 0.1) is 0 Å². The van der Waals surface area contributed by atoms with E-state index in [2.05, 4.69) is 0 Å². The number of rotatable bonds is 1. The highest BCUT2D eigenvalue weighted by molar-refractivity contribution is 7.96. The molecule has 0 heterocycles. The van der Waals surface area contributed by atoms with Crippen LogP contribution in [0.25, 0.3) is 6.08 Å². The molecule has 0 spiro atoms. The standard InChI is InChI=1S/C10H7NO2S/c11-7-14(12,13)10-6-5-8-3-1-2-4-9(8)10/h1-6,10H. The predicted molar refractivity (Wildman–Crippen MR) is 52.7 cm³/mol. The van der Waals surface area contributed by atoms with Crippen molar-refractivity contribution in [2.75, 3.05) is 0 Å². The molecule has 14 heavy (non-hydrogen) atoms. The number of fused-ring (bicyclic) bond motifs is 1. The lowest BCUT2D eigenvalue weighted by Crippen LogP contribution is -2.06. The Morgan fingerprint density at radius 2 is 2.00 bits per heavy atom. The Morgan fingerprint density at radius 1 is 1.29 bits per heavy atom. The Balaban J connectivity index is 2.57. The SMILES string of the molecule is N#CS(=O)(=O)C1C=Cc2ccccc21. The highest BCUT2D eigenvalue weighted by Gasteiger charge is 2.29. The topological polar surface area (TPSA) is 57.9 Å². The molecular formula is C10H7NO2S. The minimum absolute atomic E-state index is 0.689. The first-order valence-electron chi connectivity index (χ1n) is 4.07. The van der Waals surface area contributed by atoms with Crippen molar-refractivity contribution in [1.29, 1.82) is 5.26 Å². The van der Waals surface area contributed by atoms with E-state index in [0.717, 1.165) is 5.56 Å². The second-order valence-electron chi connectivity index (χ2n) is 3.04. The zero-order valence-corrected chi connectivity index (χ0v) is 8.03. The minimum Gasteiger partial charge on any atom is -0.212 e. The molecule has 0 aromatic heterocycles. The number of hydrogen-bond acceptors (Lipinski definition) is 3. The first-order valence-corrected chi connectivity index (χ1v) is 5.61. The van der Waals surface area contributed by atoms with Crippen LogP contribution in [-0.2, 0) is 9.84 Å². The summed E-state index contributed by atoms with van der Waals surface area (Å²) in [5.74, 6) is 0. The zero-order chi connectivity index (χ0) is 10.2. The van der Waals surface area contributed by atoms with Gasteiger partial charge in [0.25, 0.3) is 9.84 Å². The molecule has 2 rings (SSSR count). The molecule has 1 unspecified atom stereocenters. The lowest BCUT2D eigenvalue weighted by atomic mass is 10.1. The van der Waals surface area contributed by atoms with Crippen LogP contribution < -0.4 is 0 Å². The van der Waals surface area contributed by atoms with Gasteiger partial charge in [-0.05, 0) is 11.1 Å². The van der Waals surface area contributed by atoms with Gasteiger partial charge in [-0.2, -0.15) is 5.26 Å². The maximum absolute atomic E-state index is 11.4. The third kappa shape index (κ3) is 1.22. The Morgan fingerprint density at radius 3 is 2.71 bits per heavy atom. The summed E-state index contributed by atoms with van der Waals surface area (Å²) in [5, 5.41) is 9.07. The van der Waals surface area contributed by atoms with Crippen LogP contribution in [0.1, 0.15) is 16.4 Å². The highest BCUT2D eigenvalue weighted by atomic mass is 32.2. The number of nitriles is 1. The number of sulfone groups is 1. The number of hydrogen-bond donors (Lipinski definition) is 0. The smallest absolute Gasteiger partial charge is 0.212 e. The van der Waals surface area contributed by atoms with E-state index in [1.165, 1.54) is 5.40 Å². The van der Waals surface area contributed by atoms with Crippen molar-refractivity contribution in [3.8, 4) is 5.40 Å². The molecule has 70 valence electrons. The van der Waals surface area contributed by atoms with Crippen LogP contribution in [0, 0.1) is 10.7 Å². The Labute approximate surface area is 82.2 Å². The number of nitrogens with zero attached hydrogens (tertiary/aromatic N) is 1. The average Bonchev–Trinajstić information content (AvgIpc) is 2.61. The summed E-state index contributed by atoms with van der Waals surface area (Å²) in [6.07, 6.45) is 3.28. The van der Waals surface area contributed by atoms with E-state index in [1.807, 2.05) is 12.1 Å². The van der Waals surface area contributed by atoms with Crippen molar-refractivity contribution in [1.82, 2.24) is 0 Å². The van der Waals surface area contributed by atoms with Crippen LogP contribution >= 0.6 is 0 Å². The van der Waals surface area contributed by atoms with Gasteiger partial charge in [0, 0.05) is 0 Å². The fourth-order valence-corrected chi connectivity index (χ4v) is 2.49. The van der Waals surface area contributed by atoms with Gasteiger partial charge in [0.1, 0.15) is 5.25 Å². The summed E-state index contributed by atoms with van der Waals surface area (Å²) >= 11 is 0. The molecule has 0 fully saturated rings. The molecule has 0 saturated carbocycles. The van der Waals surface area contributed by atoms with Gasteiger partial charge in [0.2, 0.25) is 0 Å². The summed E-state index contributed by atoms with van der Waals surface area (Å²) in [6.45, 7) is 0. The van der Waals surface area contributed by atoms with E-state index < -0.39 is 15.1 Å². The summed E-state index contributed by atoms with van der Waals surface area (Å²) in [5.41, 5.74) is 1.56. The quantitative estimate of drug-likeness (QED) is 0.517. The molecule has 0 aliphatic heterocycles. The molecule has 0 radical (unpaired) electrons. The van der Waals surface area contributed by atoms with E-state index in [4.69, 9.17) is 5.26 Å². The van der Waals surface area contributed by atoms with Gasteiger partial charge in [-0.15, -0.1) is 0 Å². The van der Waals surface area contributed by atoms with Gasteiger partial charge in [-0.1, -0.05) is 36.4 Å². The third-order valence-electron chi connectivity index (χ3n) is 2.21. The molecule has 1 atom stereocenters. The number of benzene rings is 1. The molecule has 0 N–H and O–H groups in total. The molecule has 4 heteroatoms. The van der Waals surface area contributed by atoms with Gasteiger partial charge in [0.15, 0.2) is 5.40 Å². The van der Waals surface area contributed by atoms with Crippen molar-refractivity contribution in [2.45, 2.75) is 5.25 Å². The first-order chi connectivity index (χ1) is 6.65. The number of thiocyanates is 1. The van der Waals surface area contributed by atoms with E-state index in [0.29, 0.717) is 5.56 Å². The molecule has 3 nitrogen and oxygen atoms in total. The van der Waals surface area contributed by atoms with Crippen molar-refractivity contribution < 1.29 is 8.42 Å². The molecule has 1 aliphatic carbocycles. The normalized spacial score (nSPS) is 18.9. The van der Waals surface area contributed by atoms with E-state index in [9.17, 15) is 8.42 Å². The van der Waals surface area contributed by atoms with Gasteiger partial charge in [-0.3, -0.25) is 0 Å². The van der Waals surface area contributed by atoms with Crippen LogP contribution in [0.3, 0.4) is 0 Å². The fraction of sp³-hybridized carbons (Fsp3) is 0.100. The van der Waals surface area contributed by atoms with Crippen molar-refractivity contribution >= 4 is 15.9 Å². The van der Waals surface area contributed by atoms with Gasteiger partial charge < -0.3 is 0 Å². The van der Waals surface area contributed by atoms with E-state index in [-0.39, 0.29) is 0 Å². The molecule has 1 aromatic carbocycles. The minimum atomic E-state index is -3.69. The second-order valence-corrected chi connectivity index (χ2v) is 4.83. The Bertz CT molecular complexity index is 537. The molecular weight excluding hydrogens is 198 g/mol. The van der Waals surface area contributed by atoms with Crippen molar-refractivity contribution in [3.05, 3.63) is 41.5 Å². The Kier molecular flexibility index (Phi) is 1.90. The van der Waals surface area contributed by atoms with Crippen LogP contribution in [0.4, 0.5) is 0 Å². The van der Waals surface area contributed by atoms with E-state index >= 15 is 0 Å². The molecule has 0 amide bonds. The lowest BCUT2D eigenvalue weighted by Gasteiger charge is -2.05. The molecule has 1 aliphatic rings. The van der Waals surface area contributed by atoms with Crippen LogP contribution in [0.5, 0.6) is 0 Å². The van der Waals surface area contributed by atoms with Crippen LogP contribution in [0.15, 0.2) is 30.3 Å². The zero-order valence-electron chi connectivity index (χ0n) is 7.21. The monoisotopic (exact) mass is 205 g/mol. The van der Waals surface area contributed by atoms with E-state index in [1.54, 1.807) is 24.3 Å². The van der Waals surface area contributed by atoms with Crippen molar-refractivity contribution in [2.24, 2.45) is 0 Å². The molecule has 1 aromatic rings. The summed E-state index contributed by atoms with van der Waals surface area (Å²) < 4.78 is 22.7. The highest BCUT2D eigenvalue weighted by Crippen LogP contribution is 2.33. The van der Waals surface area contributed by atoms with Crippen LogP contribution in [-0.4, -0.2) is 8.42 Å². The third-order valence-corrected chi connectivity index (χ3v) is 3.55. The summed E-state index contributed by atoms with van der Waals surface area (Å²) in [7, 11) is -3.69. The van der Waals surface area contributed by atoms with Crippen LogP contribution in [0.2, 0.25) is 0 Å². The first kappa shape index (κ1) is 8.97. The fourth-order valence-electron chi connectivity index (χ4n) is 1.54. The summed E-state index contributed by atoms with van der Waals surface area (Å²) in [6, 6.07) is 7.17. The maximum Gasteiger partial charge on any atom is 0.252 e.